The maximum absolute atomic E-state index is 12.3. The standard InChI is InChI=1S/C17H22N4O2/c1-20(10-13-9-18-21(2)11-13)12-17(22)19-15-7-8-23-16-6-4-3-5-14(15)16/h3-6,9,11,15H,7-8,10,12H2,1-2H3,(H,19,22). The molecule has 0 saturated heterocycles. The van der Waals surface area contributed by atoms with Crippen LogP contribution in [0.3, 0.4) is 0 Å². The average Bonchev–Trinajstić information content (AvgIpc) is 2.92. The van der Waals surface area contributed by atoms with Crippen molar-refractivity contribution in [2.75, 3.05) is 20.2 Å². The Bertz CT molecular complexity index is 683. The summed E-state index contributed by atoms with van der Waals surface area (Å²) in [6, 6.07) is 7.91. The maximum Gasteiger partial charge on any atom is 0.234 e. The molecule has 0 fully saturated rings. The monoisotopic (exact) mass is 314 g/mol. The summed E-state index contributed by atoms with van der Waals surface area (Å²) in [5, 5.41) is 7.26. The van der Waals surface area contributed by atoms with Crippen LogP contribution in [0.15, 0.2) is 36.7 Å². The van der Waals surface area contributed by atoms with E-state index in [1.165, 1.54) is 0 Å². The van der Waals surface area contributed by atoms with Gasteiger partial charge in [0, 0.05) is 37.3 Å². The summed E-state index contributed by atoms with van der Waals surface area (Å²) in [6.07, 6.45) is 4.58. The molecule has 122 valence electrons. The van der Waals surface area contributed by atoms with Crippen LogP contribution in [0.25, 0.3) is 0 Å². The highest BCUT2D eigenvalue weighted by molar-refractivity contribution is 5.78. The number of aromatic nitrogens is 2. The molecule has 1 aromatic carbocycles. The van der Waals surface area contributed by atoms with Crippen LogP contribution in [0, 0.1) is 0 Å². The van der Waals surface area contributed by atoms with E-state index in [0.717, 1.165) is 23.3 Å². The van der Waals surface area contributed by atoms with Crippen LogP contribution >= 0.6 is 0 Å². The van der Waals surface area contributed by atoms with Crippen molar-refractivity contribution >= 4 is 5.91 Å². The number of hydrogen-bond acceptors (Lipinski definition) is 4. The molecule has 1 unspecified atom stereocenters. The number of nitrogens with zero attached hydrogens (tertiary/aromatic N) is 3. The fourth-order valence-corrected chi connectivity index (χ4v) is 2.90. The van der Waals surface area contributed by atoms with Crippen molar-refractivity contribution in [1.29, 1.82) is 0 Å². The minimum atomic E-state index is 0.0260. The molecule has 2 aromatic rings. The molecule has 1 N–H and O–H groups in total. The predicted octanol–water partition coefficient (Wildman–Crippen LogP) is 1.49. The molecule has 3 rings (SSSR count). The summed E-state index contributed by atoms with van der Waals surface area (Å²) in [5.41, 5.74) is 2.15. The van der Waals surface area contributed by atoms with Crippen molar-refractivity contribution in [3.63, 3.8) is 0 Å². The smallest absolute Gasteiger partial charge is 0.234 e. The van der Waals surface area contributed by atoms with E-state index in [1.54, 1.807) is 4.68 Å². The Morgan fingerprint density at radius 2 is 2.30 bits per heavy atom. The third-order valence-electron chi connectivity index (χ3n) is 3.92. The normalized spacial score (nSPS) is 16.7. The van der Waals surface area contributed by atoms with Crippen molar-refractivity contribution < 1.29 is 9.53 Å². The van der Waals surface area contributed by atoms with Crippen molar-refractivity contribution in [3.8, 4) is 5.75 Å². The van der Waals surface area contributed by atoms with Gasteiger partial charge in [0.05, 0.1) is 25.4 Å². The van der Waals surface area contributed by atoms with Gasteiger partial charge in [-0.25, -0.2) is 0 Å². The summed E-state index contributed by atoms with van der Waals surface area (Å²) in [6.45, 7) is 1.69. The van der Waals surface area contributed by atoms with Gasteiger partial charge in [-0.2, -0.15) is 5.10 Å². The zero-order valence-corrected chi connectivity index (χ0v) is 13.5. The van der Waals surface area contributed by atoms with Crippen molar-refractivity contribution in [3.05, 3.63) is 47.8 Å². The van der Waals surface area contributed by atoms with Crippen LogP contribution in [-0.2, 0) is 18.4 Å². The molecule has 1 aromatic heterocycles. The largest absolute Gasteiger partial charge is 0.493 e. The molecule has 6 nitrogen and oxygen atoms in total. The van der Waals surface area contributed by atoms with Crippen molar-refractivity contribution in [2.45, 2.75) is 19.0 Å². The van der Waals surface area contributed by atoms with Crippen LogP contribution in [-0.4, -0.2) is 40.8 Å². The number of carbonyl (C=O) groups excluding carboxylic acids is 1. The fourth-order valence-electron chi connectivity index (χ4n) is 2.90. The van der Waals surface area contributed by atoms with E-state index in [4.69, 9.17) is 4.74 Å². The predicted molar refractivity (Wildman–Crippen MR) is 87.0 cm³/mol. The average molecular weight is 314 g/mol. The number of nitrogens with one attached hydrogen (secondary N) is 1. The summed E-state index contributed by atoms with van der Waals surface area (Å²) in [4.78, 5) is 14.3. The molecule has 1 atom stereocenters. The molecular weight excluding hydrogens is 292 g/mol. The van der Waals surface area contributed by atoms with Crippen LogP contribution in [0.5, 0.6) is 5.75 Å². The third-order valence-corrected chi connectivity index (χ3v) is 3.92. The highest BCUT2D eigenvalue weighted by atomic mass is 16.5. The first-order valence-electron chi connectivity index (χ1n) is 7.79. The number of carbonyl (C=O) groups is 1. The Morgan fingerprint density at radius 3 is 3.09 bits per heavy atom. The van der Waals surface area contributed by atoms with Gasteiger partial charge in [-0.05, 0) is 13.1 Å². The first-order chi connectivity index (χ1) is 11.1. The van der Waals surface area contributed by atoms with Gasteiger partial charge >= 0.3 is 0 Å². The number of likely N-dealkylation sites (N-methyl/N-ethyl adjacent to an activating group) is 1. The van der Waals surface area contributed by atoms with E-state index < -0.39 is 0 Å². The van der Waals surface area contributed by atoms with Crippen LogP contribution in [0.4, 0.5) is 0 Å². The van der Waals surface area contributed by atoms with E-state index in [9.17, 15) is 4.79 Å². The number of amides is 1. The molecule has 0 radical (unpaired) electrons. The van der Waals surface area contributed by atoms with Gasteiger partial charge < -0.3 is 10.1 Å². The topological polar surface area (TPSA) is 59.4 Å². The van der Waals surface area contributed by atoms with Crippen LogP contribution in [0.1, 0.15) is 23.6 Å². The number of hydrogen-bond donors (Lipinski definition) is 1. The lowest BCUT2D eigenvalue weighted by atomic mass is 10.0. The molecule has 6 heteroatoms. The number of ether oxygens (including phenoxy) is 1. The lowest BCUT2D eigenvalue weighted by Crippen LogP contribution is -2.38. The number of para-hydroxylation sites is 1. The minimum absolute atomic E-state index is 0.0260. The molecule has 1 aliphatic rings. The van der Waals surface area contributed by atoms with Gasteiger partial charge in [0.25, 0.3) is 0 Å². The first kappa shape index (κ1) is 15.6. The van der Waals surface area contributed by atoms with Gasteiger partial charge in [0.2, 0.25) is 5.91 Å². The molecule has 1 amide bonds. The van der Waals surface area contributed by atoms with Crippen LogP contribution < -0.4 is 10.1 Å². The zero-order valence-electron chi connectivity index (χ0n) is 13.5. The molecule has 0 bridgehead atoms. The molecule has 0 saturated carbocycles. The Labute approximate surface area is 136 Å². The quantitative estimate of drug-likeness (QED) is 0.908. The second kappa shape index (κ2) is 6.83. The van der Waals surface area contributed by atoms with Crippen molar-refractivity contribution in [2.24, 2.45) is 7.05 Å². The number of benzene rings is 1. The molecule has 0 aliphatic carbocycles. The highest BCUT2D eigenvalue weighted by Gasteiger charge is 2.22. The minimum Gasteiger partial charge on any atom is -0.493 e. The lowest BCUT2D eigenvalue weighted by Gasteiger charge is -2.27. The van der Waals surface area contributed by atoms with Crippen LogP contribution in [0.2, 0.25) is 0 Å². The van der Waals surface area contributed by atoms with Gasteiger partial charge in [-0.1, -0.05) is 18.2 Å². The second-order valence-electron chi connectivity index (χ2n) is 5.99. The lowest BCUT2D eigenvalue weighted by molar-refractivity contribution is -0.123. The van der Waals surface area contributed by atoms with E-state index in [-0.39, 0.29) is 11.9 Å². The highest BCUT2D eigenvalue weighted by Crippen LogP contribution is 2.31. The summed E-state index contributed by atoms with van der Waals surface area (Å²) in [7, 11) is 3.82. The van der Waals surface area contributed by atoms with E-state index in [2.05, 4.69) is 10.4 Å². The second-order valence-corrected chi connectivity index (χ2v) is 5.99. The number of fused-ring (bicyclic) bond motifs is 1. The van der Waals surface area contributed by atoms with E-state index >= 15 is 0 Å². The SMILES string of the molecule is CN(CC(=O)NC1CCOc2ccccc21)Cc1cnn(C)c1. The maximum atomic E-state index is 12.3. The number of aryl methyl sites for hydroxylation is 1. The Morgan fingerprint density at radius 1 is 1.48 bits per heavy atom. The molecule has 23 heavy (non-hydrogen) atoms. The Balaban J connectivity index is 1.55. The van der Waals surface area contributed by atoms with Gasteiger partial charge in [-0.3, -0.25) is 14.4 Å². The first-order valence-corrected chi connectivity index (χ1v) is 7.79. The summed E-state index contributed by atoms with van der Waals surface area (Å²) >= 11 is 0. The molecule has 0 spiro atoms. The zero-order chi connectivity index (χ0) is 16.2. The van der Waals surface area contributed by atoms with Gasteiger partial charge in [-0.15, -0.1) is 0 Å². The molecular formula is C17H22N4O2. The number of rotatable bonds is 5. The van der Waals surface area contributed by atoms with E-state index in [1.807, 2.05) is 55.7 Å². The summed E-state index contributed by atoms with van der Waals surface area (Å²) in [5.74, 6) is 0.894. The molecule has 2 heterocycles. The van der Waals surface area contributed by atoms with E-state index in [0.29, 0.717) is 19.7 Å². The molecule has 1 aliphatic heterocycles. The third kappa shape index (κ3) is 3.90. The Kier molecular flexibility index (Phi) is 4.62. The fraction of sp³-hybridized carbons (Fsp3) is 0.412. The van der Waals surface area contributed by atoms with Gasteiger partial charge in [0.15, 0.2) is 0 Å². The van der Waals surface area contributed by atoms with Crippen molar-refractivity contribution in [1.82, 2.24) is 20.0 Å². The Hall–Kier alpha value is -2.34. The summed E-state index contributed by atoms with van der Waals surface area (Å²) < 4.78 is 7.39. The van der Waals surface area contributed by atoms with Gasteiger partial charge in [0.1, 0.15) is 5.75 Å².